The van der Waals surface area contributed by atoms with Crippen LogP contribution in [0.2, 0.25) is 0 Å². The van der Waals surface area contributed by atoms with Crippen molar-refractivity contribution in [3.8, 4) is 11.5 Å². The predicted molar refractivity (Wildman–Crippen MR) is 114 cm³/mol. The zero-order chi connectivity index (χ0) is 21.3. The molecule has 0 fully saturated rings. The van der Waals surface area contributed by atoms with Crippen molar-refractivity contribution in [2.75, 3.05) is 25.7 Å². The molecule has 29 heavy (non-hydrogen) atoms. The number of nitrogens with zero attached hydrogens (tertiary/aromatic N) is 2. The van der Waals surface area contributed by atoms with Crippen molar-refractivity contribution in [2.24, 2.45) is 7.05 Å². The number of hydrogen-bond acceptors (Lipinski definition) is 5. The summed E-state index contributed by atoms with van der Waals surface area (Å²) in [5.41, 5.74) is 2.82. The molecule has 1 heterocycles. The van der Waals surface area contributed by atoms with E-state index in [-0.39, 0.29) is 11.4 Å². The Morgan fingerprint density at radius 3 is 2.48 bits per heavy atom. The summed E-state index contributed by atoms with van der Waals surface area (Å²) in [7, 11) is -0.143. The molecule has 3 rings (SSSR count). The highest BCUT2D eigenvalue weighted by Crippen LogP contribution is 2.33. The van der Waals surface area contributed by atoms with Crippen LogP contribution in [0.3, 0.4) is 0 Å². The maximum absolute atomic E-state index is 13.1. The SMILES string of the molecule is CCOc1cc(C(CS(C)(=O)=O)n2c(=O)n(C)c3c(C)cccc32)ccc1OC. The Morgan fingerprint density at radius 1 is 1.14 bits per heavy atom. The molecule has 0 amide bonds. The third kappa shape index (κ3) is 4.03. The summed E-state index contributed by atoms with van der Waals surface area (Å²) in [4.78, 5) is 13.1. The maximum Gasteiger partial charge on any atom is 0.329 e. The molecule has 1 atom stereocenters. The number of imidazole rings is 1. The fourth-order valence-corrected chi connectivity index (χ4v) is 4.63. The lowest BCUT2D eigenvalue weighted by Gasteiger charge is -2.20. The molecule has 0 saturated carbocycles. The van der Waals surface area contributed by atoms with E-state index in [1.807, 2.05) is 32.0 Å². The number of para-hydroxylation sites is 1. The first-order chi connectivity index (χ1) is 13.7. The third-order valence-corrected chi connectivity index (χ3v) is 5.87. The number of sulfone groups is 1. The number of hydrogen-bond donors (Lipinski definition) is 0. The molecule has 2 aromatic carbocycles. The second-order valence-corrected chi connectivity index (χ2v) is 9.29. The second-order valence-electron chi connectivity index (χ2n) is 7.11. The zero-order valence-electron chi connectivity index (χ0n) is 17.3. The number of aromatic nitrogens is 2. The van der Waals surface area contributed by atoms with E-state index in [0.29, 0.717) is 29.2 Å². The van der Waals surface area contributed by atoms with Gasteiger partial charge in [0.15, 0.2) is 11.5 Å². The van der Waals surface area contributed by atoms with Gasteiger partial charge in [-0.15, -0.1) is 0 Å². The van der Waals surface area contributed by atoms with Crippen molar-refractivity contribution in [3.05, 3.63) is 58.0 Å². The molecule has 7 nitrogen and oxygen atoms in total. The van der Waals surface area contributed by atoms with Crippen LogP contribution in [0.15, 0.2) is 41.2 Å². The minimum absolute atomic E-state index is 0.210. The minimum atomic E-state index is -3.39. The lowest BCUT2D eigenvalue weighted by atomic mass is 10.1. The molecule has 0 bridgehead atoms. The summed E-state index contributed by atoms with van der Waals surface area (Å²) in [6, 6.07) is 10.2. The molecule has 0 aliphatic rings. The fourth-order valence-electron chi connectivity index (χ4n) is 3.71. The minimum Gasteiger partial charge on any atom is -0.493 e. The molecule has 0 radical (unpaired) electrons. The van der Waals surface area contributed by atoms with Gasteiger partial charge in [0, 0.05) is 13.3 Å². The summed E-state index contributed by atoms with van der Waals surface area (Å²) in [6.45, 7) is 4.22. The smallest absolute Gasteiger partial charge is 0.329 e. The molecule has 0 aliphatic carbocycles. The van der Waals surface area contributed by atoms with E-state index in [0.717, 1.165) is 11.1 Å². The first-order valence-electron chi connectivity index (χ1n) is 9.33. The summed E-state index contributed by atoms with van der Waals surface area (Å²) in [6.07, 6.45) is 1.17. The van der Waals surface area contributed by atoms with Gasteiger partial charge in [0.2, 0.25) is 0 Å². The summed E-state index contributed by atoms with van der Waals surface area (Å²) >= 11 is 0. The Labute approximate surface area is 170 Å². The standard InChI is InChI=1S/C21H26N2O5S/c1-6-28-19-12-15(10-11-18(19)27-4)17(13-29(5,25)26)23-16-9-7-8-14(2)20(16)22(3)21(23)24/h7-12,17H,6,13H2,1-5H3. The molecule has 0 aliphatic heterocycles. The van der Waals surface area contributed by atoms with Crippen LogP contribution >= 0.6 is 0 Å². The molecule has 8 heteroatoms. The van der Waals surface area contributed by atoms with Gasteiger partial charge in [0.1, 0.15) is 9.84 Å². The number of benzene rings is 2. The van der Waals surface area contributed by atoms with E-state index < -0.39 is 15.9 Å². The highest BCUT2D eigenvalue weighted by atomic mass is 32.2. The third-order valence-electron chi connectivity index (χ3n) is 4.95. The monoisotopic (exact) mass is 418 g/mol. The number of ether oxygens (including phenoxy) is 2. The van der Waals surface area contributed by atoms with E-state index in [1.165, 1.54) is 6.26 Å². The highest BCUT2D eigenvalue weighted by molar-refractivity contribution is 7.90. The van der Waals surface area contributed by atoms with Gasteiger partial charge < -0.3 is 9.47 Å². The second kappa shape index (κ2) is 7.94. The van der Waals surface area contributed by atoms with E-state index in [1.54, 1.807) is 41.5 Å². The van der Waals surface area contributed by atoms with Gasteiger partial charge in [-0.05, 0) is 43.2 Å². The number of methoxy groups -OCH3 is 1. The molecule has 0 N–H and O–H groups in total. The number of aryl methyl sites for hydroxylation is 2. The van der Waals surface area contributed by atoms with Crippen molar-refractivity contribution in [1.82, 2.24) is 9.13 Å². The largest absolute Gasteiger partial charge is 0.493 e. The normalized spacial score (nSPS) is 12.9. The zero-order valence-corrected chi connectivity index (χ0v) is 18.1. The molecule has 3 aromatic rings. The van der Waals surface area contributed by atoms with Crippen LogP contribution in [0.5, 0.6) is 11.5 Å². The molecule has 0 saturated heterocycles. The Balaban J connectivity index is 2.30. The fraction of sp³-hybridized carbons (Fsp3) is 0.381. The van der Waals surface area contributed by atoms with Crippen LogP contribution in [-0.2, 0) is 16.9 Å². The van der Waals surface area contributed by atoms with Crippen molar-refractivity contribution in [1.29, 1.82) is 0 Å². The Morgan fingerprint density at radius 2 is 1.86 bits per heavy atom. The lowest BCUT2D eigenvalue weighted by molar-refractivity contribution is 0.310. The topological polar surface area (TPSA) is 79.5 Å². The average molecular weight is 419 g/mol. The Kier molecular flexibility index (Phi) is 5.75. The summed E-state index contributed by atoms with van der Waals surface area (Å²) < 4.78 is 38.6. The summed E-state index contributed by atoms with van der Waals surface area (Å²) in [5, 5.41) is 0. The molecule has 1 aromatic heterocycles. The lowest BCUT2D eigenvalue weighted by Crippen LogP contribution is -2.30. The quantitative estimate of drug-likeness (QED) is 0.589. The van der Waals surface area contributed by atoms with Crippen molar-refractivity contribution in [2.45, 2.75) is 19.9 Å². The maximum atomic E-state index is 13.1. The van der Waals surface area contributed by atoms with Gasteiger partial charge in [0.25, 0.3) is 0 Å². The van der Waals surface area contributed by atoms with Crippen LogP contribution < -0.4 is 15.2 Å². The van der Waals surface area contributed by atoms with Gasteiger partial charge in [-0.1, -0.05) is 18.2 Å². The van der Waals surface area contributed by atoms with Crippen molar-refractivity contribution >= 4 is 20.9 Å². The van der Waals surface area contributed by atoms with Gasteiger partial charge in [-0.2, -0.15) is 0 Å². The highest BCUT2D eigenvalue weighted by Gasteiger charge is 2.26. The van der Waals surface area contributed by atoms with Crippen LogP contribution in [-0.4, -0.2) is 43.3 Å². The van der Waals surface area contributed by atoms with E-state index in [2.05, 4.69) is 0 Å². The average Bonchev–Trinajstić information content (AvgIpc) is 2.91. The van der Waals surface area contributed by atoms with E-state index >= 15 is 0 Å². The van der Waals surface area contributed by atoms with E-state index in [9.17, 15) is 13.2 Å². The van der Waals surface area contributed by atoms with Crippen molar-refractivity contribution < 1.29 is 17.9 Å². The van der Waals surface area contributed by atoms with Gasteiger partial charge in [0.05, 0.1) is 36.5 Å². The first kappa shape index (κ1) is 21.0. The van der Waals surface area contributed by atoms with Gasteiger partial charge >= 0.3 is 5.69 Å². The Bertz CT molecular complexity index is 1210. The van der Waals surface area contributed by atoms with Gasteiger partial charge in [-0.3, -0.25) is 9.13 Å². The predicted octanol–water partition coefficient (Wildman–Crippen LogP) is 2.69. The molecule has 156 valence electrons. The van der Waals surface area contributed by atoms with Crippen LogP contribution in [0.1, 0.15) is 24.1 Å². The molecule has 1 unspecified atom stereocenters. The van der Waals surface area contributed by atoms with E-state index in [4.69, 9.17) is 9.47 Å². The van der Waals surface area contributed by atoms with Crippen LogP contribution in [0, 0.1) is 6.92 Å². The number of rotatable bonds is 7. The Hall–Kier alpha value is -2.74. The van der Waals surface area contributed by atoms with Gasteiger partial charge in [-0.25, -0.2) is 13.2 Å². The number of fused-ring (bicyclic) bond motifs is 1. The van der Waals surface area contributed by atoms with Crippen LogP contribution in [0.4, 0.5) is 0 Å². The van der Waals surface area contributed by atoms with Crippen LogP contribution in [0.25, 0.3) is 11.0 Å². The first-order valence-corrected chi connectivity index (χ1v) is 11.4. The molecule has 0 spiro atoms. The molecular weight excluding hydrogens is 392 g/mol. The molecular formula is C21H26N2O5S. The summed E-state index contributed by atoms with van der Waals surface area (Å²) in [5.74, 6) is 0.850. The van der Waals surface area contributed by atoms with Crippen molar-refractivity contribution in [3.63, 3.8) is 0 Å².